The molecule has 1 saturated carbocycles. The monoisotopic (exact) mass is 266 g/mol. The van der Waals surface area contributed by atoms with Crippen LogP contribution >= 0.6 is 0 Å². The summed E-state index contributed by atoms with van der Waals surface area (Å²) in [6.07, 6.45) is 1.48. The van der Waals surface area contributed by atoms with Gasteiger partial charge >= 0.3 is 0 Å². The Balaban J connectivity index is 2.17. The van der Waals surface area contributed by atoms with Crippen molar-refractivity contribution in [3.63, 3.8) is 0 Å². The van der Waals surface area contributed by atoms with E-state index in [9.17, 15) is 13.5 Å². The van der Waals surface area contributed by atoms with Crippen LogP contribution in [0.1, 0.15) is 24.8 Å². The average molecular weight is 266 g/mol. The Labute approximate surface area is 106 Å². The van der Waals surface area contributed by atoms with Crippen molar-refractivity contribution in [1.29, 1.82) is 5.26 Å². The molecule has 1 aromatic carbocycles. The maximum atomic E-state index is 12.0. The molecule has 0 amide bonds. The van der Waals surface area contributed by atoms with Crippen molar-refractivity contribution in [2.75, 3.05) is 0 Å². The van der Waals surface area contributed by atoms with Crippen molar-refractivity contribution in [3.8, 4) is 6.07 Å². The summed E-state index contributed by atoms with van der Waals surface area (Å²) in [5.74, 6) is 0. The number of aliphatic hydroxyl groups excluding tert-OH is 1. The quantitative estimate of drug-likeness (QED) is 0.844. The minimum Gasteiger partial charge on any atom is -0.391 e. The molecule has 0 radical (unpaired) electrons. The average Bonchev–Trinajstić information content (AvgIpc) is 2.74. The molecule has 96 valence electrons. The Morgan fingerprint density at radius 2 is 1.94 bits per heavy atom. The molecule has 18 heavy (non-hydrogen) atoms. The van der Waals surface area contributed by atoms with Gasteiger partial charge in [0.05, 0.1) is 22.6 Å². The normalized spacial score (nSPS) is 23.8. The zero-order valence-corrected chi connectivity index (χ0v) is 10.5. The van der Waals surface area contributed by atoms with E-state index in [1.807, 2.05) is 6.07 Å². The van der Waals surface area contributed by atoms with E-state index < -0.39 is 22.2 Å². The standard InChI is InChI=1S/C12H14N2O3S/c13-8-9-4-6-10(7-5-9)18(16,17)14-11-2-1-3-12(11)15/h4-7,11-12,14-15H,1-3H2. The van der Waals surface area contributed by atoms with Gasteiger partial charge < -0.3 is 5.11 Å². The van der Waals surface area contributed by atoms with E-state index in [0.717, 1.165) is 6.42 Å². The van der Waals surface area contributed by atoms with Gasteiger partial charge in [0.15, 0.2) is 0 Å². The molecule has 0 saturated heterocycles. The summed E-state index contributed by atoms with van der Waals surface area (Å²) in [7, 11) is -3.62. The number of sulfonamides is 1. The Kier molecular flexibility index (Phi) is 3.66. The van der Waals surface area contributed by atoms with Crippen LogP contribution in [0.4, 0.5) is 0 Å². The first kappa shape index (κ1) is 13.0. The molecule has 1 aliphatic carbocycles. The van der Waals surface area contributed by atoms with Gasteiger partial charge in [-0.1, -0.05) is 0 Å². The van der Waals surface area contributed by atoms with E-state index >= 15 is 0 Å². The van der Waals surface area contributed by atoms with Gasteiger partial charge in [0.1, 0.15) is 0 Å². The summed E-state index contributed by atoms with van der Waals surface area (Å²) < 4.78 is 26.6. The molecule has 2 atom stereocenters. The highest BCUT2D eigenvalue weighted by Gasteiger charge is 2.29. The maximum Gasteiger partial charge on any atom is 0.240 e. The van der Waals surface area contributed by atoms with Crippen LogP contribution in [0, 0.1) is 11.3 Å². The molecule has 6 heteroatoms. The lowest BCUT2D eigenvalue weighted by atomic mass is 10.2. The number of hydrogen-bond acceptors (Lipinski definition) is 4. The van der Waals surface area contributed by atoms with Crippen LogP contribution in [-0.2, 0) is 10.0 Å². The van der Waals surface area contributed by atoms with E-state index in [-0.39, 0.29) is 4.90 Å². The molecule has 2 unspecified atom stereocenters. The number of rotatable bonds is 3. The van der Waals surface area contributed by atoms with Crippen molar-refractivity contribution >= 4 is 10.0 Å². The second-order valence-electron chi connectivity index (χ2n) is 4.36. The van der Waals surface area contributed by atoms with Gasteiger partial charge in [0.25, 0.3) is 0 Å². The minimum atomic E-state index is -3.62. The molecule has 0 heterocycles. The van der Waals surface area contributed by atoms with Gasteiger partial charge in [-0.05, 0) is 43.5 Å². The summed E-state index contributed by atoms with van der Waals surface area (Å²) in [5, 5.41) is 18.3. The molecule has 0 bridgehead atoms. The fraction of sp³-hybridized carbons (Fsp3) is 0.417. The predicted octanol–water partition coefficient (Wildman–Crippen LogP) is 0.750. The van der Waals surface area contributed by atoms with Crippen LogP contribution in [0.5, 0.6) is 0 Å². The second-order valence-corrected chi connectivity index (χ2v) is 6.08. The summed E-state index contributed by atoms with van der Waals surface area (Å²) in [4.78, 5) is 0.112. The van der Waals surface area contributed by atoms with E-state index in [0.29, 0.717) is 18.4 Å². The second kappa shape index (κ2) is 5.06. The highest BCUT2D eigenvalue weighted by atomic mass is 32.2. The van der Waals surface area contributed by atoms with Crippen LogP contribution in [0.25, 0.3) is 0 Å². The van der Waals surface area contributed by atoms with E-state index in [1.165, 1.54) is 24.3 Å². The van der Waals surface area contributed by atoms with Gasteiger partial charge in [-0.15, -0.1) is 0 Å². The minimum absolute atomic E-state index is 0.112. The lowest BCUT2D eigenvalue weighted by Gasteiger charge is -2.16. The molecule has 2 rings (SSSR count). The SMILES string of the molecule is N#Cc1ccc(S(=O)(=O)NC2CCCC2O)cc1. The predicted molar refractivity (Wildman–Crippen MR) is 65.1 cm³/mol. The first-order valence-corrected chi connectivity index (χ1v) is 7.22. The molecule has 5 nitrogen and oxygen atoms in total. The van der Waals surface area contributed by atoms with E-state index in [1.54, 1.807) is 0 Å². The van der Waals surface area contributed by atoms with Gasteiger partial charge in [-0.3, -0.25) is 0 Å². The lowest BCUT2D eigenvalue weighted by molar-refractivity contribution is 0.159. The zero-order chi connectivity index (χ0) is 13.2. The molecule has 1 fully saturated rings. The number of hydrogen-bond donors (Lipinski definition) is 2. The van der Waals surface area contributed by atoms with Crippen molar-refractivity contribution in [2.24, 2.45) is 0 Å². The van der Waals surface area contributed by atoms with E-state index in [2.05, 4.69) is 4.72 Å². The zero-order valence-electron chi connectivity index (χ0n) is 9.70. The van der Waals surface area contributed by atoms with E-state index in [4.69, 9.17) is 5.26 Å². The Hall–Kier alpha value is -1.42. The van der Waals surface area contributed by atoms with Crippen molar-refractivity contribution in [2.45, 2.75) is 36.3 Å². The summed E-state index contributed by atoms with van der Waals surface area (Å²) in [5.41, 5.74) is 0.412. The Morgan fingerprint density at radius 1 is 1.28 bits per heavy atom. The molecular formula is C12H14N2O3S. The first-order valence-electron chi connectivity index (χ1n) is 5.73. The summed E-state index contributed by atoms with van der Waals surface area (Å²) >= 11 is 0. The van der Waals surface area contributed by atoms with Crippen LogP contribution in [0.2, 0.25) is 0 Å². The fourth-order valence-corrected chi connectivity index (χ4v) is 3.36. The third kappa shape index (κ3) is 2.70. The number of aliphatic hydroxyl groups is 1. The topological polar surface area (TPSA) is 90.2 Å². The largest absolute Gasteiger partial charge is 0.391 e. The van der Waals surface area contributed by atoms with Gasteiger partial charge in [0.2, 0.25) is 10.0 Å². The number of benzene rings is 1. The Morgan fingerprint density at radius 3 is 2.44 bits per heavy atom. The molecule has 1 aromatic rings. The molecule has 0 spiro atoms. The van der Waals surface area contributed by atoms with Crippen LogP contribution in [0.3, 0.4) is 0 Å². The Bertz CT molecular complexity index is 560. The number of nitrogens with one attached hydrogen (secondary N) is 1. The number of nitriles is 1. The summed E-state index contributed by atoms with van der Waals surface area (Å²) in [6.45, 7) is 0. The molecule has 2 N–H and O–H groups in total. The third-order valence-corrected chi connectivity index (χ3v) is 4.59. The number of nitrogens with zero attached hydrogens (tertiary/aromatic N) is 1. The molecule has 1 aliphatic rings. The smallest absolute Gasteiger partial charge is 0.240 e. The van der Waals surface area contributed by atoms with Gasteiger partial charge in [-0.25, -0.2) is 13.1 Å². The third-order valence-electron chi connectivity index (χ3n) is 3.08. The molecule has 0 aromatic heterocycles. The van der Waals surface area contributed by atoms with Crippen molar-refractivity contribution in [1.82, 2.24) is 4.72 Å². The van der Waals surface area contributed by atoms with Crippen LogP contribution < -0.4 is 4.72 Å². The molecule has 0 aliphatic heterocycles. The van der Waals surface area contributed by atoms with Crippen molar-refractivity contribution < 1.29 is 13.5 Å². The van der Waals surface area contributed by atoms with Crippen LogP contribution in [0.15, 0.2) is 29.2 Å². The van der Waals surface area contributed by atoms with Gasteiger partial charge in [0, 0.05) is 6.04 Å². The van der Waals surface area contributed by atoms with Gasteiger partial charge in [-0.2, -0.15) is 5.26 Å². The van der Waals surface area contributed by atoms with Crippen molar-refractivity contribution in [3.05, 3.63) is 29.8 Å². The maximum absolute atomic E-state index is 12.0. The fourth-order valence-electron chi connectivity index (χ4n) is 2.05. The highest BCUT2D eigenvalue weighted by Crippen LogP contribution is 2.21. The lowest BCUT2D eigenvalue weighted by Crippen LogP contribution is -2.39. The highest BCUT2D eigenvalue weighted by molar-refractivity contribution is 7.89. The summed E-state index contributed by atoms with van der Waals surface area (Å²) in [6, 6.07) is 7.22. The van der Waals surface area contributed by atoms with Crippen LogP contribution in [-0.4, -0.2) is 25.7 Å². The first-order chi connectivity index (χ1) is 8.53. The molecular weight excluding hydrogens is 252 g/mol.